The van der Waals surface area contributed by atoms with Gasteiger partial charge in [0.2, 0.25) is 5.13 Å². The number of Topliss-reactive ketones (excluding diaryl/α,β-unsaturated/α-hetero) is 1. The molecule has 6 rings (SSSR count). The number of hydrogen-bond donors (Lipinski definition) is 1. The normalized spacial score (nSPS) is 16.4. The zero-order valence-electron chi connectivity index (χ0n) is 22.8. The first-order chi connectivity index (χ1) is 20.4. The fraction of sp³-hybridized carbons (Fsp3) is 0.167. The predicted molar refractivity (Wildman–Crippen MR) is 160 cm³/mol. The molecule has 0 spiro atoms. The van der Waals surface area contributed by atoms with Crippen molar-refractivity contribution in [1.82, 2.24) is 19.6 Å². The second kappa shape index (κ2) is 11.3. The smallest absolute Gasteiger partial charge is 0.301 e. The van der Waals surface area contributed by atoms with E-state index in [4.69, 9.17) is 9.47 Å². The van der Waals surface area contributed by atoms with Gasteiger partial charge in [0.15, 0.2) is 21.6 Å². The number of carbonyl (C=O) groups is 2. The fourth-order valence-corrected chi connectivity index (χ4v) is 6.80. The van der Waals surface area contributed by atoms with Gasteiger partial charge < -0.3 is 14.6 Å². The molecule has 1 unspecified atom stereocenters. The van der Waals surface area contributed by atoms with Gasteiger partial charge in [-0.15, -0.1) is 10.2 Å². The summed E-state index contributed by atoms with van der Waals surface area (Å²) < 4.78 is 13.2. The molecule has 1 saturated heterocycles. The Morgan fingerprint density at radius 2 is 1.76 bits per heavy atom. The van der Waals surface area contributed by atoms with Gasteiger partial charge in [0, 0.05) is 11.9 Å². The number of rotatable bonds is 8. The third-order valence-electron chi connectivity index (χ3n) is 6.90. The minimum Gasteiger partial charge on any atom is -0.505 e. The molecular formula is C30H25N5O5S2. The molecule has 42 heavy (non-hydrogen) atoms. The van der Waals surface area contributed by atoms with Crippen molar-refractivity contribution in [3.63, 3.8) is 0 Å². The number of ketones is 1. The highest BCUT2D eigenvalue weighted by molar-refractivity contribution is 8.00. The first kappa shape index (κ1) is 27.5. The van der Waals surface area contributed by atoms with Gasteiger partial charge in [-0.25, -0.2) is 4.98 Å². The van der Waals surface area contributed by atoms with E-state index < -0.39 is 17.7 Å². The number of methoxy groups -OCH3 is 2. The van der Waals surface area contributed by atoms with Crippen LogP contribution in [-0.4, -0.2) is 50.6 Å². The van der Waals surface area contributed by atoms with Crippen LogP contribution in [-0.2, 0) is 15.3 Å². The number of thioether (sulfide) groups is 1. The summed E-state index contributed by atoms with van der Waals surface area (Å²) in [5.41, 5.74) is 2.98. The molecule has 0 bridgehead atoms. The molecule has 4 heterocycles. The maximum atomic E-state index is 13.7. The highest BCUT2D eigenvalue weighted by Gasteiger charge is 2.49. The van der Waals surface area contributed by atoms with Crippen LogP contribution in [0.1, 0.15) is 28.6 Å². The number of carbonyl (C=O) groups excluding carboxylic acids is 2. The number of aryl methyl sites for hydroxylation is 1. The third-order valence-corrected chi connectivity index (χ3v) is 9.03. The lowest BCUT2D eigenvalue weighted by Gasteiger charge is -2.23. The van der Waals surface area contributed by atoms with E-state index >= 15 is 0 Å². The summed E-state index contributed by atoms with van der Waals surface area (Å²) in [5.74, 6) is -0.449. The van der Waals surface area contributed by atoms with Gasteiger partial charge in [-0.1, -0.05) is 65.6 Å². The number of aliphatic hydroxyl groups excluding tert-OH is 1. The molecule has 212 valence electrons. The highest BCUT2D eigenvalue weighted by Crippen LogP contribution is 2.46. The number of pyridine rings is 1. The van der Waals surface area contributed by atoms with Crippen molar-refractivity contribution in [1.29, 1.82) is 0 Å². The Kier molecular flexibility index (Phi) is 7.40. The molecule has 1 fully saturated rings. The molecule has 10 nitrogen and oxygen atoms in total. The van der Waals surface area contributed by atoms with Gasteiger partial charge in [0.1, 0.15) is 11.3 Å². The lowest BCUT2D eigenvalue weighted by atomic mass is 9.96. The van der Waals surface area contributed by atoms with E-state index in [2.05, 4.69) is 15.2 Å². The lowest BCUT2D eigenvalue weighted by Crippen LogP contribution is -2.29. The summed E-state index contributed by atoms with van der Waals surface area (Å²) in [6.45, 7) is 1.74. The largest absolute Gasteiger partial charge is 0.505 e. The van der Waals surface area contributed by atoms with Crippen LogP contribution in [0.2, 0.25) is 0 Å². The molecule has 12 heteroatoms. The molecule has 1 amide bonds. The number of amides is 1. The van der Waals surface area contributed by atoms with E-state index in [1.165, 1.54) is 42.2 Å². The Labute approximate surface area is 249 Å². The molecule has 0 aliphatic carbocycles. The molecule has 0 saturated carbocycles. The SMILES string of the molecule is COc1ccc(C2C(=C(O)c3c(C)nc4ccccn34)C(=O)C(=O)N2c2nnc(SCc3ccccc3)s2)cc1OC. The molecule has 2 aromatic carbocycles. The quantitative estimate of drug-likeness (QED) is 0.0819. The first-order valence-electron chi connectivity index (χ1n) is 12.9. The van der Waals surface area contributed by atoms with Crippen molar-refractivity contribution in [3.05, 3.63) is 101 Å². The lowest BCUT2D eigenvalue weighted by molar-refractivity contribution is -0.132. The summed E-state index contributed by atoms with van der Waals surface area (Å²) in [6, 6.07) is 19.4. The number of imidazole rings is 1. The average molecular weight is 600 g/mol. The molecule has 1 atom stereocenters. The predicted octanol–water partition coefficient (Wildman–Crippen LogP) is 5.43. The number of ether oxygens (including phenoxy) is 2. The topological polar surface area (TPSA) is 119 Å². The van der Waals surface area contributed by atoms with Crippen molar-refractivity contribution in [2.45, 2.75) is 23.1 Å². The van der Waals surface area contributed by atoms with Crippen LogP contribution < -0.4 is 14.4 Å². The van der Waals surface area contributed by atoms with Crippen molar-refractivity contribution in [2.75, 3.05) is 19.1 Å². The van der Waals surface area contributed by atoms with E-state index in [0.29, 0.717) is 44.2 Å². The summed E-state index contributed by atoms with van der Waals surface area (Å²) in [6.07, 6.45) is 1.74. The number of benzene rings is 2. The average Bonchev–Trinajstić information content (AvgIpc) is 3.69. The maximum absolute atomic E-state index is 13.7. The molecule has 1 N–H and O–H groups in total. The van der Waals surface area contributed by atoms with Crippen LogP contribution in [0, 0.1) is 6.92 Å². The van der Waals surface area contributed by atoms with Gasteiger partial charge in [0.25, 0.3) is 5.78 Å². The Hall–Kier alpha value is -4.68. The monoisotopic (exact) mass is 599 g/mol. The van der Waals surface area contributed by atoms with Crippen molar-refractivity contribution >= 4 is 51.3 Å². The van der Waals surface area contributed by atoms with Crippen molar-refractivity contribution in [3.8, 4) is 11.5 Å². The summed E-state index contributed by atoms with van der Waals surface area (Å²) in [7, 11) is 3.02. The molecule has 3 aromatic heterocycles. The molecule has 1 aliphatic rings. The van der Waals surface area contributed by atoms with Gasteiger partial charge in [-0.3, -0.25) is 18.9 Å². The first-order valence-corrected chi connectivity index (χ1v) is 14.7. The zero-order chi connectivity index (χ0) is 29.4. The van der Waals surface area contributed by atoms with Gasteiger partial charge >= 0.3 is 5.91 Å². The van der Waals surface area contributed by atoms with E-state index in [1.807, 2.05) is 36.4 Å². The number of aromatic nitrogens is 4. The van der Waals surface area contributed by atoms with Crippen LogP contribution in [0.3, 0.4) is 0 Å². The minimum atomic E-state index is -1.02. The second-order valence-electron chi connectivity index (χ2n) is 9.38. The van der Waals surface area contributed by atoms with Crippen LogP contribution >= 0.6 is 23.1 Å². The van der Waals surface area contributed by atoms with Gasteiger partial charge in [-0.05, 0) is 42.3 Å². The standard InChI is InChI=1S/C30H25N5O5S2/c1-17-24(34-14-8-7-11-22(34)31-17)26(36)23-25(19-12-13-20(39-2)21(15-19)40-3)35(28(38)27(23)37)29-32-33-30(42-29)41-16-18-9-5-4-6-10-18/h4-15,25,36H,16H2,1-3H3. The Morgan fingerprint density at radius 1 is 1.00 bits per heavy atom. The third kappa shape index (κ3) is 4.78. The number of anilines is 1. The minimum absolute atomic E-state index is 0.0883. The second-order valence-corrected chi connectivity index (χ2v) is 11.6. The van der Waals surface area contributed by atoms with Crippen molar-refractivity contribution < 1.29 is 24.2 Å². The number of nitrogens with zero attached hydrogens (tertiary/aromatic N) is 5. The Bertz CT molecular complexity index is 1850. The molecule has 5 aromatic rings. The van der Waals surface area contributed by atoms with E-state index in [1.54, 1.807) is 47.9 Å². The van der Waals surface area contributed by atoms with Crippen LogP contribution in [0.4, 0.5) is 5.13 Å². The summed E-state index contributed by atoms with van der Waals surface area (Å²) >= 11 is 2.69. The van der Waals surface area contributed by atoms with E-state index in [9.17, 15) is 14.7 Å². The number of aliphatic hydroxyl groups is 1. The summed E-state index contributed by atoms with van der Waals surface area (Å²) in [4.78, 5) is 33.2. The Balaban J connectivity index is 1.48. The molecule has 1 aliphatic heterocycles. The van der Waals surface area contributed by atoms with Crippen molar-refractivity contribution in [2.24, 2.45) is 0 Å². The maximum Gasteiger partial charge on any atom is 0.301 e. The van der Waals surface area contributed by atoms with Gasteiger partial charge in [0.05, 0.1) is 31.5 Å². The van der Waals surface area contributed by atoms with E-state index in [0.717, 1.165) is 5.56 Å². The van der Waals surface area contributed by atoms with Gasteiger partial charge in [-0.2, -0.15) is 0 Å². The Morgan fingerprint density at radius 3 is 2.52 bits per heavy atom. The fourth-order valence-electron chi connectivity index (χ4n) is 4.97. The summed E-state index contributed by atoms with van der Waals surface area (Å²) in [5, 5.41) is 20.6. The zero-order valence-corrected chi connectivity index (χ0v) is 24.5. The highest BCUT2D eigenvalue weighted by atomic mass is 32.2. The van der Waals surface area contributed by atoms with E-state index in [-0.39, 0.29) is 16.5 Å². The number of fused-ring (bicyclic) bond motifs is 1. The van der Waals surface area contributed by atoms with Crippen LogP contribution in [0.15, 0.2) is 82.8 Å². The molecule has 0 radical (unpaired) electrons. The number of hydrogen-bond acceptors (Lipinski definition) is 10. The van der Waals surface area contributed by atoms with Crippen LogP contribution in [0.5, 0.6) is 11.5 Å². The van der Waals surface area contributed by atoms with Crippen LogP contribution in [0.25, 0.3) is 11.4 Å². The molecular weight excluding hydrogens is 574 g/mol.